The summed E-state index contributed by atoms with van der Waals surface area (Å²) >= 11 is 0. The minimum absolute atomic E-state index is 0. The van der Waals surface area contributed by atoms with Crippen molar-refractivity contribution in [3.63, 3.8) is 0 Å². The van der Waals surface area contributed by atoms with E-state index in [1.165, 1.54) is 0 Å². The second kappa shape index (κ2) is 18.6. The van der Waals surface area contributed by atoms with Crippen LogP contribution in [0.15, 0.2) is 0 Å². The van der Waals surface area contributed by atoms with Gasteiger partial charge in [0.1, 0.15) is 0 Å². The van der Waals surface area contributed by atoms with Gasteiger partial charge in [0.15, 0.2) is 17.4 Å². The molecule has 28 valence electrons. The molecule has 0 rings (SSSR count). The molecule has 0 aliphatic heterocycles. The number of hydrogen-bond donors (Lipinski definition) is 0. The number of rotatable bonds is 0. The fraction of sp³-hybridized carbons (Fsp3) is 0. The first-order valence-corrected chi connectivity index (χ1v) is 0. The molecule has 0 amide bonds. The Kier molecular flexibility index (Phi) is 157. The van der Waals surface area contributed by atoms with Crippen LogP contribution in [0.3, 0.4) is 0 Å². The summed E-state index contributed by atoms with van der Waals surface area (Å²) in [6.07, 6.45) is 0. The third kappa shape index (κ3) is 8.86. The van der Waals surface area contributed by atoms with Gasteiger partial charge in [-0.1, -0.05) is 0 Å². The molecule has 0 bridgehead atoms. The van der Waals surface area contributed by atoms with Gasteiger partial charge in [-0.3, -0.25) is 0 Å². The van der Waals surface area contributed by atoms with E-state index in [0.717, 1.165) is 0 Å². The van der Waals surface area contributed by atoms with Crippen molar-refractivity contribution in [1.82, 2.24) is 0 Å². The van der Waals surface area contributed by atoms with Gasteiger partial charge in [0.25, 0.3) is 0 Å². The third-order valence-corrected chi connectivity index (χ3v) is 0. The molecule has 4 heteroatoms. The van der Waals surface area contributed by atoms with Crippen molar-refractivity contribution in [3.8, 4) is 0 Å². The van der Waals surface area contributed by atoms with Gasteiger partial charge < -0.3 is 0 Å². The first-order valence-electron chi connectivity index (χ1n) is 0. The van der Waals surface area contributed by atoms with Crippen LogP contribution in [0.2, 0.25) is 0 Å². The Balaban J connectivity index is 0. The van der Waals surface area contributed by atoms with E-state index in [-0.39, 0.29) is 73.8 Å². The molecule has 0 spiro atoms. The van der Waals surface area contributed by atoms with Crippen molar-refractivity contribution < 1.29 is 0 Å². The van der Waals surface area contributed by atoms with Crippen molar-refractivity contribution in [2.45, 2.75) is 0 Å². The Bertz CT molecular complexity index is 8.00. The van der Waals surface area contributed by atoms with Crippen molar-refractivity contribution in [1.29, 1.82) is 0 Å². The van der Waals surface area contributed by atoms with Crippen molar-refractivity contribution in [3.05, 3.63) is 0 Å². The van der Waals surface area contributed by atoms with E-state index in [0.29, 0.717) is 0 Å². The van der Waals surface area contributed by atoms with Crippen LogP contribution in [-0.4, -0.2) is 60.3 Å². The third-order valence-electron chi connectivity index (χ3n) is 0. The molecular formula is H10AlInSSe. The molecule has 0 heterocycles. The first-order chi connectivity index (χ1) is 0. The molecule has 0 fully saturated rings. The molecule has 0 nitrogen and oxygen atoms in total. The Hall–Kier alpha value is 2.27. The SMILES string of the molecule is S.[AlH3].[InH3].[SeH2]. The number of hydrogen-bond acceptors (Lipinski definition) is 0. The molecule has 0 aromatic carbocycles. The normalized spacial score (nSPS) is 0. The molecule has 0 saturated heterocycles. The molecule has 4 heavy (non-hydrogen) atoms. The van der Waals surface area contributed by atoms with Crippen LogP contribution < -0.4 is 0 Å². The monoisotopic (exact) mass is 264 g/mol. The summed E-state index contributed by atoms with van der Waals surface area (Å²) in [6.45, 7) is 0. The van der Waals surface area contributed by atoms with Gasteiger partial charge in [-0.05, 0) is 0 Å². The molecule has 0 unspecified atom stereocenters. The topological polar surface area (TPSA) is 0 Å². The van der Waals surface area contributed by atoms with E-state index in [4.69, 9.17) is 0 Å². The summed E-state index contributed by atoms with van der Waals surface area (Å²) in [5.41, 5.74) is 0. The Morgan fingerprint density at radius 2 is 1.00 bits per heavy atom. The second-order valence-electron chi connectivity index (χ2n) is 0. The Labute approximate surface area is 72.9 Å². The van der Waals surface area contributed by atoms with E-state index in [2.05, 4.69) is 0 Å². The molecule has 0 aliphatic rings. The van der Waals surface area contributed by atoms with E-state index in [9.17, 15) is 0 Å². The van der Waals surface area contributed by atoms with Crippen LogP contribution in [0, 0.1) is 0 Å². The van der Waals surface area contributed by atoms with Gasteiger partial charge >= 0.3 is 42.9 Å². The molecule has 0 radical (unpaired) electrons. The van der Waals surface area contributed by atoms with Gasteiger partial charge in [0.2, 0.25) is 0 Å². The summed E-state index contributed by atoms with van der Waals surface area (Å²) in [5, 5.41) is 0. The average Bonchev–Trinajstić information content (AvgIpc) is 0. The molecule has 0 aromatic rings. The zero-order valence-corrected chi connectivity index (χ0v) is 4.10. The quantitative estimate of drug-likeness (QED) is 0.404. The zero-order chi connectivity index (χ0) is 0. The predicted molar refractivity (Wildman–Crippen MR) is 38.8 cm³/mol. The second-order valence-corrected chi connectivity index (χ2v) is 0. The van der Waals surface area contributed by atoms with Crippen LogP contribution >= 0.6 is 13.5 Å². The minimum atomic E-state index is 0. The fourth-order valence-corrected chi connectivity index (χ4v) is 0. The molecule has 0 atom stereocenters. The van der Waals surface area contributed by atoms with Crippen LogP contribution in [0.5, 0.6) is 0 Å². The molecular weight excluding hydrogens is 253 g/mol. The Morgan fingerprint density at radius 1 is 1.00 bits per heavy atom. The standard InChI is InChI=1S/Al.In.H2S.H2Se.6H/h;;2*1H2;;;;;;. The molecule has 0 aliphatic carbocycles. The van der Waals surface area contributed by atoms with Crippen molar-refractivity contribution in [2.75, 3.05) is 0 Å². The van der Waals surface area contributed by atoms with Gasteiger partial charge in [0.05, 0.1) is 0 Å². The zero-order valence-electron chi connectivity index (χ0n) is 1.00. The maximum atomic E-state index is 0. The van der Waals surface area contributed by atoms with Gasteiger partial charge in [-0.2, -0.15) is 13.5 Å². The van der Waals surface area contributed by atoms with Crippen LogP contribution in [-0.2, 0) is 0 Å². The summed E-state index contributed by atoms with van der Waals surface area (Å²) in [7, 11) is 0. The molecule has 0 aromatic heterocycles. The van der Waals surface area contributed by atoms with Gasteiger partial charge in [-0.15, -0.1) is 0 Å². The van der Waals surface area contributed by atoms with E-state index in [1.807, 2.05) is 0 Å². The van der Waals surface area contributed by atoms with Crippen LogP contribution in [0.1, 0.15) is 0 Å². The van der Waals surface area contributed by atoms with Gasteiger partial charge in [0, 0.05) is 0 Å². The van der Waals surface area contributed by atoms with E-state index in [1.54, 1.807) is 0 Å². The van der Waals surface area contributed by atoms with E-state index < -0.39 is 0 Å². The van der Waals surface area contributed by atoms with Crippen LogP contribution in [0.25, 0.3) is 0 Å². The summed E-state index contributed by atoms with van der Waals surface area (Å²) in [4.78, 5) is 0. The fourth-order valence-electron chi connectivity index (χ4n) is 0. The average molecular weight is 263 g/mol. The van der Waals surface area contributed by atoms with E-state index >= 15 is 0 Å². The van der Waals surface area contributed by atoms with Gasteiger partial charge in [-0.25, -0.2) is 0 Å². The van der Waals surface area contributed by atoms with Crippen LogP contribution in [0.4, 0.5) is 0 Å². The molecule has 0 N–H and O–H groups in total. The summed E-state index contributed by atoms with van der Waals surface area (Å²) in [5.74, 6) is 0. The first kappa shape index (κ1) is 33.8. The maximum absolute atomic E-state index is 0. The summed E-state index contributed by atoms with van der Waals surface area (Å²) < 4.78 is 0. The predicted octanol–water partition coefficient (Wildman–Crippen LogP) is -3.17. The summed E-state index contributed by atoms with van der Waals surface area (Å²) in [6, 6.07) is 0. The molecule has 0 saturated carbocycles. The van der Waals surface area contributed by atoms with Crippen molar-refractivity contribution >= 4 is 73.8 Å². The van der Waals surface area contributed by atoms with Crippen molar-refractivity contribution in [2.24, 2.45) is 0 Å². The Morgan fingerprint density at radius 3 is 1.00 bits per heavy atom.